The molecule has 2 heterocycles. The fourth-order valence-electron chi connectivity index (χ4n) is 4.39. The van der Waals surface area contributed by atoms with Crippen LogP contribution in [0.25, 0.3) is 10.9 Å². The van der Waals surface area contributed by atoms with E-state index in [1.165, 1.54) is 4.57 Å². The van der Waals surface area contributed by atoms with Gasteiger partial charge < -0.3 is 9.80 Å². The van der Waals surface area contributed by atoms with E-state index in [9.17, 15) is 19.2 Å². The summed E-state index contributed by atoms with van der Waals surface area (Å²) in [5.74, 6) is -0.109. The Labute approximate surface area is 201 Å². The number of piperazine rings is 1. The third-order valence-corrected chi connectivity index (χ3v) is 6.32. The van der Waals surface area contributed by atoms with Gasteiger partial charge in [0.05, 0.1) is 17.4 Å². The topological polar surface area (TPSA) is 95.5 Å². The van der Waals surface area contributed by atoms with Crippen molar-refractivity contribution in [3.05, 3.63) is 116 Å². The van der Waals surface area contributed by atoms with Crippen LogP contribution in [0.2, 0.25) is 0 Å². The third kappa shape index (κ3) is 4.50. The normalized spacial score (nSPS) is 13.7. The molecule has 0 aliphatic carbocycles. The number of hydrogen-bond acceptors (Lipinski definition) is 4. The van der Waals surface area contributed by atoms with E-state index in [0.29, 0.717) is 48.2 Å². The molecule has 1 aliphatic rings. The number of benzene rings is 3. The van der Waals surface area contributed by atoms with E-state index in [1.807, 2.05) is 30.3 Å². The largest absolute Gasteiger partial charge is 0.335 e. The first kappa shape index (κ1) is 22.3. The second-order valence-corrected chi connectivity index (χ2v) is 8.51. The number of aromatic amines is 1. The van der Waals surface area contributed by atoms with Crippen molar-refractivity contribution in [2.75, 3.05) is 26.2 Å². The molecule has 0 saturated carbocycles. The highest BCUT2D eigenvalue weighted by Crippen LogP contribution is 2.14. The second-order valence-electron chi connectivity index (χ2n) is 8.51. The van der Waals surface area contributed by atoms with Gasteiger partial charge >= 0.3 is 5.69 Å². The molecule has 1 fully saturated rings. The van der Waals surface area contributed by atoms with Crippen LogP contribution in [-0.4, -0.2) is 57.3 Å². The van der Waals surface area contributed by atoms with Crippen LogP contribution in [0.15, 0.2) is 88.5 Å². The van der Waals surface area contributed by atoms with Crippen molar-refractivity contribution in [3.8, 4) is 0 Å². The Balaban J connectivity index is 1.26. The number of hydrogen-bond donors (Lipinski definition) is 1. The van der Waals surface area contributed by atoms with Crippen molar-refractivity contribution in [1.82, 2.24) is 19.4 Å². The summed E-state index contributed by atoms with van der Waals surface area (Å²) in [5.41, 5.74) is 1.71. The molecular weight excluding hydrogens is 444 g/mol. The maximum absolute atomic E-state index is 13.0. The lowest BCUT2D eigenvalue weighted by Crippen LogP contribution is -2.50. The monoisotopic (exact) mass is 468 g/mol. The van der Waals surface area contributed by atoms with Crippen LogP contribution in [0.5, 0.6) is 0 Å². The number of carbonyl (C=O) groups is 2. The number of nitrogens with zero attached hydrogens (tertiary/aromatic N) is 3. The van der Waals surface area contributed by atoms with E-state index in [1.54, 1.807) is 58.3 Å². The van der Waals surface area contributed by atoms with E-state index < -0.39 is 11.2 Å². The summed E-state index contributed by atoms with van der Waals surface area (Å²) in [7, 11) is 0. The number of carbonyl (C=O) groups excluding carboxylic acids is 2. The Morgan fingerprint density at radius 1 is 0.686 bits per heavy atom. The van der Waals surface area contributed by atoms with Gasteiger partial charge in [0.2, 0.25) is 0 Å². The van der Waals surface area contributed by atoms with E-state index in [4.69, 9.17) is 0 Å². The molecule has 5 rings (SSSR count). The van der Waals surface area contributed by atoms with Gasteiger partial charge in [-0.2, -0.15) is 0 Å². The average molecular weight is 469 g/mol. The molecule has 0 unspecified atom stereocenters. The maximum Gasteiger partial charge on any atom is 0.329 e. The molecule has 35 heavy (non-hydrogen) atoms. The molecule has 176 valence electrons. The Morgan fingerprint density at radius 3 is 1.86 bits per heavy atom. The molecule has 8 nitrogen and oxygen atoms in total. The predicted octanol–water partition coefficient (Wildman–Crippen LogP) is 2.34. The summed E-state index contributed by atoms with van der Waals surface area (Å²) in [6.45, 7) is 2.18. The van der Waals surface area contributed by atoms with E-state index in [-0.39, 0.29) is 18.4 Å². The standard InChI is InChI=1S/C27H24N4O4/c32-24-22-8-4-5-9-23(22)31(27(35)28-24)18-19-10-12-21(13-11-19)26(34)30-16-14-29(15-17-30)25(33)20-6-2-1-3-7-20/h1-13H,14-18H2,(H,28,32,35). The van der Waals surface area contributed by atoms with Crippen LogP contribution in [-0.2, 0) is 6.54 Å². The van der Waals surface area contributed by atoms with Gasteiger partial charge in [0.25, 0.3) is 17.4 Å². The van der Waals surface area contributed by atoms with Gasteiger partial charge in [0, 0.05) is 37.3 Å². The third-order valence-electron chi connectivity index (χ3n) is 6.32. The number of nitrogens with one attached hydrogen (secondary N) is 1. The van der Waals surface area contributed by atoms with Gasteiger partial charge in [-0.25, -0.2) is 4.79 Å². The van der Waals surface area contributed by atoms with Crippen LogP contribution in [0, 0.1) is 0 Å². The molecule has 0 spiro atoms. The van der Waals surface area contributed by atoms with E-state index in [2.05, 4.69) is 4.98 Å². The Kier molecular flexibility index (Phi) is 6.01. The summed E-state index contributed by atoms with van der Waals surface area (Å²) in [4.78, 5) is 56.0. The summed E-state index contributed by atoms with van der Waals surface area (Å²) in [5, 5.41) is 0.448. The highest BCUT2D eigenvalue weighted by Gasteiger charge is 2.25. The molecule has 3 aromatic carbocycles. The zero-order valence-electron chi connectivity index (χ0n) is 19.0. The molecule has 2 amide bonds. The van der Waals surface area contributed by atoms with Crippen LogP contribution < -0.4 is 11.2 Å². The number of amides is 2. The molecule has 0 bridgehead atoms. The first-order valence-electron chi connectivity index (χ1n) is 11.5. The van der Waals surface area contributed by atoms with Crippen LogP contribution >= 0.6 is 0 Å². The molecule has 1 N–H and O–H groups in total. The smallest absolute Gasteiger partial charge is 0.329 e. The van der Waals surface area contributed by atoms with Gasteiger partial charge in [0.15, 0.2) is 0 Å². The van der Waals surface area contributed by atoms with Crippen molar-refractivity contribution in [3.63, 3.8) is 0 Å². The predicted molar refractivity (Wildman–Crippen MR) is 133 cm³/mol. The second kappa shape index (κ2) is 9.42. The van der Waals surface area contributed by atoms with Crippen molar-refractivity contribution in [2.45, 2.75) is 6.54 Å². The molecule has 8 heteroatoms. The van der Waals surface area contributed by atoms with E-state index >= 15 is 0 Å². The minimum atomic E-state index is -0.475. The van der Waals surface area contributed by atoms with Crippen molar-refractivity contribution in [2.24, 2.45) is 0 Å². The van der Waals surface area contributed by atoms with Gasteiger partial charge in [-0.15, -0.1) is 0 Å². The van der Waals surface area contributed by atoms with Crippen molar-refractivity contribution in [1.29, 1.82) is 0 Å². The van der Waals surface area contributed by atoms with Crippen LogP contribution in [0.3, 0.4) is 0 Å². The average Bonchev–Trinajstić information content (AvgIpc) is 2.91. The van der Waals surface area contributed by atoms with Crippen LogP contribution in [0.4, 0.5) is 0 Å². The molecule has 1 aromatic heterocycles. The van der Waals surface area contributed by atoms with Gasteiger partial charge in [-0.1, -0.05) is 42.5 Å². The zero-order valence-corrected chi connectivity index (χ0v) is 19.0. The highest BCUT2D eigenvalue weighted by atomic mass is 16.2. The molecule has 0 radical (unpaired) electrons. The number of rotatable bonds is 4. The minimum Gasteiger partial charge on any atom is -0.335 e. The number of H-pyrrole nitrogens is 1. The molecule has 4 aromatic rings. The lowest BCUT2D eigenvalue weighted by atomic mass is 10.1. The zero-order chi connectivity index (χ0) is 24.4. The number of fused-ring (bicyclic) bond motifs is 1. The van der Waals surface area contributed by atoms with E-state index in [0.717, 1.165) is 5.56 Å². The Bertz CT molecular complexity index is 1500. The fourth-order valence-corrected chi connectivity index (χ4v) is 4.39. The van der Waals surface area contributed by atoms with Gasteiger partial charge in [-0.3, -0.25) is 23.9 Å². The number of para-hydroxylation sites is 1. The molecular formula is C27H24N4O4. The minimum absolute atomic E-state index is 0.0212. The lowest BCUT2D eigenvalue weighted by molar-refractivity contribution is 0.0535. The SMILES string of the molecule is O=C(c1ccccc1)N1CCN(C(=O)c2ccc(Cn3c(=O)[nH]c(=O)c4ccccc43)cc2)CC1. The summed E-state index contributed by atoms with van der Waals surface area (Å²) < 4.78 is 1.51. The first-order chi connectivity index (χ1) is 17.0. The van der Waals surface area contributed by atoms with Crippen molar-refractivity contribution >= 4 is 22.7 Å². The lowest BCUT2D eigenvalue weighted by Gasteiger charge is -2.35. The van der Waals surface area contributed by atoms with Crippen molar-refractivity contribution < 1.29 is 9.59 Å². The molecule has 0 atom stereocenters. The number of aromatic nitrogens is 2. The summed E-state index contributed by atoms with van der Waals surface area (Å²) >= 11 is 0. The summed E-state index contributed by atoms with van der Waals surface area (Å²) in [6, 6.07) is 23.2. The molecule has 1 aliphatic heterocycles. The summed E-state index contributed by atoms with van der Waals surface area (Å²) in [6.07, 6.45) is 0. The molecule has 1 saturated heterocycles. The highest BCUT2D eigenvalue weighted by molar-refractivity contribution is 5.96. The Morgan fingerprint density at radius 2 is 1.23 bits per heavy atom. The first-order valence-corrected chi connectivity index (χ1v) is 11.5. The van der Waals surface area contributed by atoms with Gasteiger partial charge in [-0.05, 0) is 42.0 Å². The fraction of sp³-hybridized carbons (Fsp3) is 0.185. The van der Waals surface area contributed by atoms with Gasteiger partial charge in [0.1, 0.15) is 0 Å². The maximum atomic E-state index is 13.0. The van der Waals surface area contributed by atoms with Crippen LogP contribution in [0.1, 0.15) is 26.3 Å². The Hall–Kier alpha value is -4.46. The quantitative estimate of drug-likeness (QED) is 0.497.